The second-order valence-electron chi connectivity index (χ2n) is 15.6. The number of nitrogens with zero attached hydrogens (tertiary/aromatic N) is 7. The Morgan fingerprint density at radius 1 is 0.983 bits per heavy atom. The van der Waals surface area contributed by atoms with Crippen LogP contribution in [0.1, 0.15) is 61.0 Å². The van der Waals surface area contributed by atoms with Crippen LogP contribution in [0.5, 0.6) is 11.5 Å². The van der Waals surface area contributed by atoms with Crippen LogP contribution in [0.3, 0.4) is 0 Å². The first-order valence-corrected chi connectivity index (χ1v) is 19.9. The fraction of sp³-hybridized carbons (Fsp3) is 0.386. The van der Waals surface area contributed by atoms with Crippen LogP contribution in [0.4, 0.5) is 20.3 Å². The van der Waals surface area contributed by atoms with Gasteiger partial charge in [0.05, 0.1) is 54.7 Å². The summed E-state index contributed by atoms with van der Waals surface area (Å²) in [5, 5.41) is 28.5. The van der Waals surface area contributed by atoms with Gasteiger partial charge in [-0.3, -0.25) is 19.6 Å². The van der Waals surface area contributed by atoms with E-state index in [0.717, 1.165) is 70.2 Å². The van der Waals surface area contributed by atoms with Gasteiger partial charge in [-0.2, -0.15) is 5.10 Å². The lowest BCUT2D eigenvalue weighted by Crippen LogP contribution is -2.36. The number of nitrogens with one attached hydrogen (secondary N) is 1. The van der Waals surface area contributed by atoms with Crippen molar-refractivity contribution in [3.8, 4) is 28.3 Å². The van der Waals surface area contributed by atoms with Crippen LogP contribution in [0.25, 0.3) is 38.8 Å². The molecule has 3 N–H and O–H groups in total. The molecule has 1 saturated heterocycles. The maximum Gasteiger partial charge on any atom is 0.306 e. The predicted octanol–water partition coefficient (Wildman–Crippen LogP) is 7.68. The molecule has 2 fully saturated rings. The Kier molecular flexibility index (Phi) is 11.4. The van der Waals surface area contributed by atoms with Crippen LogP contribution in [-0.2, 0) is 17.9 Å². The van der Waals surface area contributed by atoms with Crippen LogP contribution in [-0.4, -0.2) is 97.2 Å². The van der Waals surface area contributed by atoms with E-state index in [2.05, 4.69) is 30.1 Å². The zero-order valence-corrected chi connectivity index (χ0v) is 33.5. The number of aliphatic hydroxyl groups excluding tert-OH is 1. The van der Waals surface area contributed by atoms with E-state index in [1.807, 2.05) is 73.4 Å². The number of fused-ring (bicyclic) bond motifs is 2. The average Bonchev–Trinajstić information content (AvgIpc) is 3.87. The number of benzene rings is 3. The van der Waals surface area contributed by atoms with Crippen molar-refractivity contribution >= 4 is 39.4 Å². The number of halogens is 2. The van der Waals surface area contributed by atoms with Gasteiger partial charge in [0, 0.05) is 61.6 Å². The fourth-order valence-electron chi connectivity index (χ4n) is 8.64. The maximum absolute atomic E-state index is 14.2. The number of methoxy groups -OCH3 is 2. The molecule has 1 saturated carbocycles. The summed E-state index contributed by atoms with van der Waals surface area (Å²) < 4.78 is 42.0. The molecule has 3 aromatic carbocycles. The predicted molar refractivity (Wildman–Crippen MR) is 221 cm³/mol. The van der Waals surface area contributed by atoms with Gasteiger partial charge < -0.3 is 25.0 Å². The van der Waals surface area contributed by atoms with Crippen molar-refractivity contribution in [1.29, 1.82) is 0 Å². The number of ether oxygens (including phenoxy) is 2. The monoisotopic (exact) mass is 806 g/mol. The van der Waals surface area contributed by atoms with E-state index in [1.165, 1.54) is 0 Å². The second-order valence-corrected chi connectivity index (χ2v) is 15.6. The van der Waals surface area contributed by atoms with E-state index in [1.54, 1.807) is 26.5 Å². The van der Waals surface area contributed by atoms with Gasteiger partial charge in [-0.1, -0.05) is 24.3 Å². The summed E-state index contributed by atoms with van der Waals surface area (Å²) in [5.74, 6) is -0.138. The van der Waals surface area contributed by atoms with Crippen molar-refractivity contribution in [3.05, 3.63) is 89.5 Å². The standard InChI is InChI=1S/C44H48F2N8O5/c1-25-31(32-8-6-10-37-33(32)21-48-54(37)29-18-38(58-3)34(39(19-29)59-4)24-53-16-15-30(55)23-53)7-5-9-35(25)49-42-40-36(50-43(51-42)41(45)46)17-26(20-47-40)22-52(2)28-13-11-27(12-14-28)44(56)57/h5-10,17-21,27-28,30,41,55H,11-16,22-24H2,1-4H3,(H,56,57)(H,49,50,51)/t27-,28-,30-/m1/s1. The average molecular weight is 807 g/mol. The summed E-state index contributed by atoms with van der Waals surface area (Å²) in [6.07, 6.45) is 3.87. The van der Waals surface area contributed by atoms with Crippen LogP contribution in [0, 0.1) is 12.8 Å². The minimum atomic E-state index is -2.90. The van der Waals surface area contributed by atoms with Crippen molar-refractivity contribution in [3.63, 3.8) is 0 Å². The Morgan fingerprint density at radius 2 is 1.71 bits per heavy atom. The summed E-state index contributed by atoms with van der Waals surface area (Å²) in [6.45, 7) is 4.46. The smallest absolute Gasteiger partial charge is 0.306 e. The molecule has 0 spiro atoms. The minimum absolute atomic E-state index is 0.177. The molecule has 1 atom stereocenters. The highest BCUT2D eigenvalue weighted by Gasteiger charge is 2.29. The number of likely N-dealkylation sites (tertiary alicyclic amines) is 1. The van der Waals surface area contributed by atoms with E-state index in [-0.39, 0.29) is 23.9 Å². The number of carboxylic acid groups (broad SMARTS) is 1. The SMILES string of the molecule is COc1cc(-n2ncc3c(-c4cccc(Nc5nc(C(F)F)nc6cc(CN(C)[C@H]7CC[C@H](C(=O)O)CC7)cnc56)c4C)cccc32)cc(OC)c1CN1CC[C@@H](O)C1. The molecule has 0 radical (unpaired) electrons. The van der Waals surface area contributed by atoms with Crippen LogP contribution < -0.4 is 14.8 Å². The van der Waals surface area contributed by atoms with E-state index in [0.29, 0.717) is 60.7 Å². The Bertz CT molecular complexity index is 2480. The van der Waals surface area contributed by atoms with Gasteiger partial charge in [0.2, 0.25) is 0 Å². The van der Waals surface area contributed by atoms with Gasteiger partial charge in [0.15, 0.2) is 11.6 Å². The molecule has 1 aliphatic heterocycles. The first-order valence-electron chi connectivity index (χ1n) is 19.9. The zero-order chi connectivity index (χ0) is 41.4. The van der Waals surface area contributed by atoms with E-state index in [4.69, 9.17) is 14.6 Å². The van der Waals surface area contributed by atoms with Gasteiger partial charge >= 0.3 is 5.97 Å². The van der Waals surface area contributed by atoms with Crippen LogP contribution in [0.2, 0.25) is 0 Å². The summed E-state index contributed by atoms with van der Waals surface area (Å²) in [5.41, 5.74) is 7.40. The quantitative estimate of drug-likeness (QED) is 0.105. The molecule has 4 heterocycles. The number of anilines is 2. The second kappa shape index (κ2) is 16.8. The number of aromatic nitrogens is 5. The highest BCUT2D eigenvalue weighted by molar-refractivity contribution is 5.97. The number of β-amino-alcohol motifs (C(OH)–C–C–N with tert-alkyl or cyclic N) is 1. The minimum Gasteiger partial charge on any atom is -0.496 e. The van der Waals surface area contributed by atoms with Gasteiger partial charge in [0.1, 0.15) is 17.0 Å². The molecule has 15 heteroatoms. The zero-order valence-electron chi connectivity index (χ0n) is 33.5. The Labute approximate surface area is 340 Å². The summed E-state index contributed by atoms with van der Waals surface area (Å²) >= 11 is 0. The lowest BCUT2D eigenvalue weighted by molar-refractivity contribution is -0.143. The summed E-state index contributed by atoms with van der Waals surface area (Å²) in [7, 11) is 5.26. The van der Waals surface area contributed by atoms with E-state index in [9.17, 15) is 23.8 Å². The lowest BCUT2D eigenvalue weighted by atomic mass is 9.85. The normalized spacial score (nSPS) is 18.6. The molecule has 0 unspecified atom stereocenters. The van der Waals surface area contributed by atoms with Gasteiger partial charge in [0.25, 0.3) is 6.43 Å². The third-order valence-corrected chi connectivity index (χ3v) is 11.9. The van der Waals surface area contributed by atoms with E-state index >= 15 is 0 Å². The first-order chi connectivity index (χ1) is 28.5. The highest BCUT2D eigenvalue weighted by Crippen LogP contribution is 2.39. The first kappa shape index (κ1) is 40.0. The number of aliphatic carboxylic acids is 1. The van der Waals surface area contributed by atoms with Crippen molar-refractivity contribution in [2.24, 2.45) is 5.92 Å². The molecule has 0 bridgehead atoms. The van der Waals surface area contributed by atoms with Crippen molar-refractivity contribution in [1.82, 2.24) is 34.5 Å². The van der Waals surface area contributed by atoms with Crippen LogP contribution >= 0.6 is 0 Å². The summed E-state index contributed by atoms with van der Waals surface area (Å²) in [4.78, 5) is 28.9. The third kappa shape index (κ3) is 8.14. The van der Waals surface area contributed by atoms with Crippen molar-refractivity contribution in [2.75, 3.05) is 39.7 Å². The number of alkyl halides is 2. The van der Waals surface area contributed by atoms with Crippen molar-refractivity contribution < 1.29 is 33.3 Å². The van der Waals surface area contributed by atoms with Gasteiger partial charge in [-0.15, -0.1) is 0 Å². The Balaban J connectivity index is 1.08. The molecule has 308 valence electrons. The molecule has 8 rings (SSSR count). The molecule has 0 amide bonds. The van der Waals surface area contributed by atoms with E-state index < -0.39 is 18.2 Å². The largest absolute Gasteiger partial charge is 0.496 e. The number of pyridine rings is 1. The third-order valence-electron chi connectivity index (χ3n) is 11.9. The molecule has 59 heavy (non-hydrogen) atoms. The van der Waals surface area contributed by atoms with Gasteiger partial charge in [-0.05, 0) is 86.5 Å². The maximum atomic E-state index is 14.2. The molecular weight excluding hydrogens is 759 g/mol. The fourth-order valence-corrected chi connectivity index (χ4v) is 8.64. The van der Waals surface area contributed by atoms with Crippen molar-refractivity contribution in [2.45, 2.75) is 70.7 Å². The van der Waals surface area contributed by atoms with Crippen LogP contribution in [0.15, 0.2) is 67.0 Å². The highest BCUT2D eigenvalue weighted by atomic mass is 19.3. The molecule has 13 nitrogen and oxygen atoms in total. The van der Waals surface area contributed by atoms with Gasteiger partial charge in [-0.25, -0.2) is 23.4 Å². The topological polar surface area (TPSA) is 151 Å². The molecule has 3 aromatic heterocycles. The number of hydrogen-bond donors (Lipinski definition) is 3. The summed E-state index contributed by atoms with van der Waals surface area (Å²) in [6, 6.07) is 17.7. The molecule has 6 aromatic rings. The lowest BCUT2D eigenvalue weighted by Gasteiger charge is -2.33. The number of carbonyl (C=O) groups is 1. The Hall–Kier alpha value is -5.77. The Morgan fingerprint density at radius 3 is 2.39 bits per heavy atom. The number of rotatable bonds is 13. The number of aliphatic hydroxyl groups is 1. The molecule has 2 aliphatic rings. The molecular formula is C44H48F2N8O5. The number of hydrogen-bond acceptors (Lipinski definition) is 11. The molecule has 1 aliphatic carbocycles. The number of carboxylic acids is 1.